The summed E-state index contributed by atoms with van der Waals surface area (Å²) in [5.41, 5.74) is 0. The van der Waals surface area contributed by atoms with E-state index in [1.54, 1.807) is 0 Å². The molecule has 4 fully saturated rings. The molecule has 96 valence electrons. The second kappa shape index (κ2) is 3.71. The van der Waals surface area contributed by atoms with Gasteiger partial charge in [-0.3, -0.25) is 4.79 Å². The van der Waals surface area contributed by atoms with Crippen LogP contribution in [0.15, 0.2) is 0 Å². The Morgan fingerprint density at radius 1 is 1.28 bits per heavy atom. The summed E-state index contributed by atoms with van der Waals surface area (Å²) < 4.78 is 5.30. The number of amides is 1. The molecule has 1 heterocycles. The lowest BCUT2D eigenvalue weighted by atomic mass is 10.0. The third kappa shape index (κ3) is 1.37. The highest BCUT2D eigenvalue weighted by molar-refractivity contribution is 5.83. The summed E-state index contributed by atoms with van der Waals surface area (Å²) >= 11 is 0. The van der Waals surface area contributed by atoms with Crippen molar-refractivity contribution in [2.75, 3.05) is 19.7 Å². The van der Waals surface area contributed by atoms with Crippen LogP contribution in [0.4, 0.5) is 0 Å². The van der Waals surface area contributed by atoms with Gasteiger partial charge >= 0.3 is 0 Å². The summed E-state index contributed by atoms with van der Waals surface area (Å²) in [6.07, 6.45) is 3.65. The maximum atomic E-state index is 12.5. The Labute approximate surface area is 107 Å². The Balaban J connectivity index is 1.44. The van der Waals surface area contributed by atoms with Gasteiger partial charge in [-0.2, -0.15) is 5.26 Å². The zero-order valence-corrected chi connectivity index (χ0v) is 10.4. The summed E-state index contributed by atoms with van der Waals surface area (Å²) in [6.45, 7) is 1.65. The van der Waals surface area contributed by atoms with Crippen LogP contribution in [0.25, 0.3) is 0 Å². The maximum Gasteiger partial charge on any atom is 0.226 e. The number of carbonyl (C=O) groups is 1. The molecule has 4 aliphatic rings. The number of carbonyl (C=O) groups excluding carboxylic acids is 1. The van der Waals surface area contributed by atoms with Crippen LogP contribution >= 0.6 is 0 Å². The normalized spacial score (nSPS) is 48.7. The summed E-state index contributed by atoms with van der Waals surface area (Å²) in [7, 11) is 0. The smallest absolute Gasteiger partial charge is 0.226 e. The topological polar surface area (TPSA) is 53.3 Å². The number of hydrogen-bond acceptors (Lipinski definition) is 3. The van der Waals surface area contributed by atoms with Gasteiger partial charge in [-0.15, -0.1) is 0 Å². The van der Waals surface area contributed by atoms with Gasteiger partial charge in [-0.25, -0.2) is 0 Å². The lowest BCUT2D eigenvalue weighted by molar-refractivity contribution is -0.139. The van der Waals surface area contributed by atoms with E-state index >= 15 is 0 Å². The molecular formula is C14H18N2O2. The molecule has 1 aliphatic heterocycles. The number of fused-ring (bicyclic) bond motifs is 5. The van der Waals surface area contributed by atoms with E-state index in [1.807, 2.05) is 4.90 Å². The van der Waals surface area contributed by atoms with Gasteiger partial charge in [0.15, 0.2) is 6.10 Å². The average molecular weight is 246 g/mol. The molecule has 0 aromatic rings. The fourth-order valence-corrected chi connectivity index (χ4v) is 4.79. The maximum absolute atomic E-state index is 12.5. The highest BCUT2D eigenvalue weighted by Crippen LogP contribution is 2.69. The minimum absolute atomic E-state index is 0.300. The summed E-state index contributed by atoms with van der Waals surface area (Å²) in [6, 6.07) is 2.11. The van der Waals surface area contributed by atoms with Crippen LogP contribution in [0.1, 0.15) is 19.3 Å². The molecular weight excluding hydrogens is 228 g/mol. The van der Waals surface area contributed by atoms with E-state index in [2.05, 4.69) is 6.07 Å². The molecule has 2 bridgehead atoms. The number of hydrogen-bond donors (Lipinski definition) is 0. The first-order chi connectivity index (χ1) is 8.79. The van der Waals surface area contributed by atoms with Gasteiger partial charge in [0.25, 0.3) is 0 Å². The Morgan fingerprint density at radius 3 is 2.67 bits per heavy atom. The quantitative estimate of drug-likeness (QED) is 0.694. The van der Waals surface area contributed by atoms with Gasteiger partial charge < -0.3 is 9.64 Å². The summed E-state index contributed by atoms with van der Waals surface area (Å²) in [5.74, 6) is 3.67. The van der Waals surface area contributed by atoms with Crippen LogP contribution in [0, 0.1) is 40.9 Å². The van der Waals surface area contributed by atoms with Gasteiger partial charge in [-0.05, 0) is 42.9 Å². The third-order valence-corrected chi connectivity index (χ3v) is 5.54. The van der Waals surface area contributed by atoms with Crippen LogP contribution in [-0.4, -0.2) is 36.6 Å². The molecule has 4 nitrogen and oxygen atoms in total. The average Bonchev–Trinajstić information content (AvgIpc) is 2.85. The predicted molar refractivity (Wildman–Crippen MR) is 63.2 cm³/mol. The summed E-state index contributed by atoms with van der Waals surface area (Å²) in [4.78, 5) is 14.4. The van der Waals surface area contributed by atoms with Crippen LogP contribution in [-0.2, 0) is 9.53 Å². The van der Waals surface area contributed by atoms with E-state index in [9.17, 15) is 4.79 Å². The number of nitriles is 1. The minimum Gasteiger partial charge on any atom is -0.360 e. The Bertz CT molecular complexity index is 414. The van der Waals surface area contributed by atoms with Crippen molar-refractivity contribution in [3.8, 4) is 6.07 Å². The molecule has 0 aromatic heterocycles. The highest BCUT2D eigenvalue weighted by atomic mass is 16.5. The molecule has 1 saturated heterocycles. The molecule has 18 heavy (non-hydrogen) atoms. The van der Waals surface area contributed by atoms with Crippen LogP contribution in [0.3, 0.4) is 0 Å². The van der Waals surface area contributed by atoms with Crippen LogP contribution < -0.4 is 0 Å². The van der Waals surface area contributed by atoms with E-state index in [0.717, 1.165) is 11.8 Å². The first-order valence-corrected chi connectivity index (χ1v) is 7.09. The van der Waals surface area contributed by atoms with E-state index in [-0.39, 0.29) is 0 Å². The molecule has 3 aliphatic carbocycles. The third-order valence-electron chi connectivity index (χ3n) is 5.54. The molecule has 3 saturated carbocycles. The van der Waals surface area contributed by atoms with Gasteiger partial charge in [0, 0.05) is 12.5 Å². The van der Waals surface area contributed by atoms with E-state index in [0.29, 0.717) is 43.4 Å². The van der Waals surface area contributed by atoms with Gasteiger partial charge in [0.1, 0.15) is 0 Å². The molecule has 5 unspecified atom stereocenters. The van der Waals surface area contributed by atoms with E-state index in [4.69, 9.17) is 10.00 Å². The molecule has 4 heteroatoms. The second-order valence-corrected chi connectivity index (χ2v) is 6.29. The van der Waals surface area contributed by atoms with Crippen molar-refractivity contribution in [2.45, 2.75) is 25.4 Å². The molecule has 0 N–H and O–H groups in total. The Kier molecular flexibility index (Phi) is 2.23. The Hall–Kier alpha value is -1.08. The SMILES string of the molecule is N#CC1CN(C(=O)C2C3C4CCC(C4)C23)CCO1. The highest BCUT2D eigenvalue weighted by Gasteiger charge is 2.68. The van der Waals surface area contributed by atoms with Crippen molar-refractivity contribution in [1.82, 2.24) is 4.90 Å². The van der Waals surface area contributed by atoms with Crippen molar-refractivity contribution in [2.24, 2.45) is 29.6 Å². The predicted octanol–water partition coefficient (Wildman–Crippen LogP) is 1.03. The Morgan fingerprint density at radius 2 is 2.00 bits per heavy atom. The standard InChI is InChI=1S/C14H18N2O2/c15-6-10-7-16(3-4-18-10)14(17)13-11-8-1-2-9(5-8)12(11)13/h8-13H,1-5,7H2. The number of nitrogens with zero attached hydrogens (tertiary/aromatic N) is 2. The van der Waals surface area contributed by atoms with Crippen molar-refractivity contribution >= 4 is 5.91 Å². The molecule has 1 amide bonds. The molecule has 0 spiro atoms. The fraction of sp³-hybridized carbons (Fsp3) is 0.857. The lowest BCUT2D eigenvalue weighted by Crippen LogP contribution is -2.46. The number of ether oxygens (including phenoxy) is 1. The number of morpholine rings is 1. The second-order valence-electron chi connectivity index (χ2n) is 6.29. The first-order valence-electron chi connectivity index (χ1n) is 7.09. The molecule has 5 atom stereocenters. The molecule has 0 radical (unpaired) electrons. The zero-order valence-electron chi connectivity index (χ0n) is 10.4. The first kappa shape index (κ1) is 10.8. The fourth-order valence-electron chi connectivity index (χ4n) is 4.79. The van der Waals surface area contributed by atoms with Gasteiger partial charge in [0.2, 0.25) is 5.91 Å². The summed E-state index contributed by atoms with van der Waals surface area (Å²) in [5, 5.41) is 8.89. The van der Waals surface area contributed by atoms with E-state index < -0.39 is 6.10 Å². The van der Waals surface area contributed by atoms with Crippen molar-refractivity contribution < 1.29 is 9.53 Å². The molecule has 4 rings (SSSR count). The monoisotopic (exact) mass is 246 g/mol. The molecule has 0 aromatic carbocycles. The van der Waals surface area contributed by atoms with E-state index in [1.165, 1.54) is 19.3 Å². The number of rotatable bonds is 1. The van der Waals surface area contributed by atoms with Crippen molar-refractivity contribution in [1.29, 1.82) is 5.26 Å². The van der Waals surface area contributed by atoms with Crippen LogP contribution in [0.5, 0.6) is 0 Å². The van der Waals surface area contributed by atoms with Crippen LogP contribution in [0.2, 0.25) is 0 Å². The van der Waals surface area contributed by atoms with Gasteiger partial charge in [-0.1, -0.05) is 0 Å². The lowest BCUT2D eigenvalue weighted by Gasteiger charge is -2.30. The van der Waals surface area contributed by atoms with Crippen molar-refractivity contribution in [3.63, 3.8) is 0 Å². The minimum atomic E-state index is -0.419. The largest absolute Gasteiger partial charge is 0.360 e. The van der Waals surface area contributed by atoms with Gasteiger partial charge in [0.05, 0.1) is 19.2 Å². The van der Waals surface area contributed by atoms with Crippen molar-refractivity contribution in [3.05, 3.63) is 0 Å². The zero-order chi connectivity index (χ0) is 12.3.